The second-order valence-corrected chi connectivity index (χ2v) is 4.46. The van der Waals surface area contributed by atoms with Gasteiger partial charge in [0.15, 0.2) is 6.29 Å². The van der Waals surface area contributed by atoms with E-state index < -0.39 is 11.7 Å². The van der Waals surface area contributed by atoms with Crippen molar-refractivity contribution in [1.82, 2.24) is 5.32 Å². The van der Waals surface area contributed by atoms with Crippen molar-refractivity contribution in [3.8, 4) is 0 Å². The summed E-state index contributed by atoms with van der Waals surface area (Å²) in [5, 5.41) is 3.00. The molecule has 0 aliphatic heterocycles. The molecule has 1 aromatic carbocycles. The second-order valence-electron chi connectivity index (χ2n) is 4.46. The molecule has 1 N–H and O–H groups in total. The average Bonchev–Trinajstić information content (AvgIpc) is 2.43. The normalized spacial score (nSPS) is 12.1. The van der Waals surface area contributed by atoms with Gasteiger partial charge in [-0.25, -0.2) is 0 Å². The molecule has 3 nitrogen and oxygen atoms in total. The molecule has 0 spiro atoms. The molecular formula is C15H22F3NO2. The molecule has 0 radical (unpaired) electrons. The number of rotatable bonds is 9. The lowest BCUT2D eigenvalue weighted by molar-refractivity contribution is -0.139. The maximum absolute atomic E-state index is 12.8. The van der Waals surface area contributed by atoms with Crippen molar-refractivity contribution < 1.29 is 22.6 Å². The minimum atomic E-state index is -4.32. The minimum Gasteiger partial charge on any atom is -0.353 e. The summed E-state index contributed by atoms with van der Waals surface area (Å²) in [4.78, 5) is 0. The van der Waals surface area contributed by atoms with Crippen molar-refractivity contribution >= 4 is 0 Å². The molecule has 0 aliphatic carbocycles. The SMILES string of the molecule is CCOC(CCNCc1ccccc1C(F)(F)F)OCC. The van der Waals surface area contributed by atoms with Gasteiger partial charge in [0.25, 0.3) is 0 Å². The summed E-state index contributed by atoms with van der Waals surface area (Å²) in [5.74, 6) is 0. The van der Waals surface area contributed by atoms with E-state index in [1.165, 1.54) is 12.1 Å². The molecule has 0 amide bonds. The zero-order chi connectivity index (χ0) is 15.7. The Morgan fingerprint density at radius 2 is 1.71 bits per heavy atom. The molecule has 0 saturated heterocycles. The number of benzene rings is 1. The van der Waals surface area contributed by atoms with Gasteiger partial charge in [-0.15, -0.1) is 0 Å². The van der Waals surface area contributed by atoms with E-state index in [-0.39, 0.29) is 18.4 Å². The first-order valence-electron chi connectivity index (χ1n) is 7.08. The first-order chi connectivity index (χ1) is 9.99. The van der Waals surface area contributed by atoms with Crippen LogP contribution in [0.2, 0.25) is 0 Å². The summed E-state index contributed by atoms with van der Waals surface area (Å²) in [6.45, 7) is 5.53. The largest absolute Gasteiger partial charge is 0.416 e. The molecule has 0 saturated carbocycles. The zero-order valence-electron chi connectivity index (χ0n) is 12.4. The lowest BCUT2D eigenvalue weighted by atomic mass is 10.1. The van der Waals surface area contributed by atoms with Crippen LogP contribution in [0.5, 0.6) is 0 Å². The number of alkyl halides is 3. The van der Waals surface area contributed by atoms with E-state index in [9.17, 15) is 13.2 Å². The Bertz CT molecular complexity index is 404. The highest BCUT2D eigenvalue weighted by molar-refractivity contribution is 5.29. The van der Waals surface area contributed by atoms with Crippen LogP contribution in [0, 0.1) is 0 Å². The van der Waals surface area contributed by atoms with Crippen molar-refractivity contribution in [3.63, 3.8) is 0 Å². The first-order valence-corrected chi connectivity index (χ1v) is 7.08. The highest BCUT2D eigenvalue weighted by atomic mass is 19.4. The van der Waals surface area contributed by atoms with Crippen LogP contribution in [0.4, 0.5) is 13.2 Å². The molecule has 0 heterocycles. The van der Waals surface area contributed by atoms with E-state index in [2.05, 4.69) is 5.32 Å². The van der Waals surface area contributed by atoms with Gasteiger partial charge in [0.05, 0.1) is 5.56 Å². The van der Waals surface area contributed by atoms with Crippen molar-refractivity contribution in [2.75, 3.05) is 19.8 Å². The van der Waals surface area contributed by atoms with Gasteiger partial charge in [-0.05, 0) is 25.5 Å². The third-order valence-electron chi connectivity index (χ3n) is 2.90. The van der Waals surface area contributed by atoms with Crippen molar-refractivity contribution in [2.24, 2.45) is 0 Å². The summed E-state index contributed by atoms with van der Waals surface area (Å²) >= 11 is 0. The van der Waals surface area contributed by atoms with Crippen molar-refractivity contribution in [1.29, 1.82) is 0 Å². The van der Waals surface area contributed by atoms with Crippen molar-refractivity contribution in [2.45, 2.75) is 39.3 Å². The highest BCUT2D eigenvalue weighted by Gasteiger charge is 2.32. The Morgan fingerprint density at radius 1 is 1.10 bits per heavy atom. The van der Waals surface area contributed by atoms with E-state index in [1.54, 1.807) is 6.07 Å². The number of nitrogens with one attached hydrogen (secondary N) is 1. The van der Waals surface area contributed by atoms with E-state index in [4.69, 9.17) is 9.47 Å². The topological polar surface area (TPSA) is 30.5 Å². The first kappa shape index (κ1) is 17.9. The molecule has 6 heteroatoms. The van der Waals surface area contributed by atoms with Crippen LogP contribution in [0.3, 0.4) is 0 Å². The lowest BCUT2D eigenvalue weighted by Gasteiger charge is -2.17. The highest BCUT2D eigenvalue weighted by Crippen LogP contribution is 2.31. The molecule has 21 heavy (non-hydrogen) atoms. The number of hydrogen-bond acceptors (Lipinski definition) is 3. The lowest BCUT2D eigenvalue weighted by Crippen LogP contribution is -2.25. The molecule has 120 valence electrons. The van der Waals surface area contributed by atoms with Gasteiger partial charge in [-0.3, -0.25) is 0 Å². The monoisotopic (exact) mass is 305 g/mol. The van der Waals surface area contributed by atoms with E-state index in [0.717, 1.165) is 6.07 Å². The molecule has 0 aliphatic rings. The van der Waals surface area contributed by atoms with Crippen LogP contribution < -0.4 is 5.32 Å². The molecule has 0 aromatic heterocycles. The molecule has 1 rings (SSSR count). The fraction of sp³-hybridized carbons (Fsp3) is 0.600. The average molecular weight is 305 g/mol. The van der Waals surface area contributed by atoms with Gasteiger partial charge >= 0.3 is 6.18 Å². The Morgan fingerprint density at radius 3 is 2.29 bits per heavy atom. The number of hydrogen-bond donors (Lipinski definition) is 1. The predicted molar refractivity (Wildman–Crippen MR) is 74.8 cm³/mol. The smallest absolute Gasteiger partial charge is 0.353 e. The summed E-state index contributed by atoms with van der Waals surface area (Å²) in [7, 11) is 0. The third kappa shape index (κ3) is 6.46. The van der Waals surface area contributed by atoms with Crippen molar-refractivity contribution in [3.05, 3.63) is 35.4 Å². The van der Waals surface area contributed by atoms with Gasteiger partial charge in [0.2, 0.25) is 0 Å². The molecule has 0 atom stereocenters. The fourth-order valence-corrected chi connectivity index (χ4v) is 1.98. The summed E-state index contributed by atoms with van der Waals surface area (Å²) in [6.07, 6.45) is -4.04. The van der Waals surface area contributed by atoms with Crippen LogP contribution >= 0.6 is 0 Å². The van der Waals surface area contributed by atoms with E-state index >= 15 is 0 Å². The molecule has 0 fully saturated rings. The maximum atomic E-state index is 12.8. The second kappa shape index (κ2) is 9.02. The standard InChI is InChI=1S/C15H22F3NO2/c1-3-20-14(21-4-2)9-10-19-11-12-7-5-6-8-13(12)15(16,17)18/h5-8,14,19H,3-4,9-11H2,1-2H3. The van der Waals surface area contributed by atoms with Crippen LogP contribution in [0.1, 0.15) is 31.4 Å². The molecule has 0 unspecified atom stereocenters. The van der Waals surface area contributed by atoms with E-state index in [0.29, 0.717) is 26.2 Å². The Labute approximate surface area is 123 Å². The van der Waals surface area contributed by atoms with E-state index in [1.807, 2.05) is 13.8 Å². The third-order valence-corrected chi connectivity index (χ3v) is 2.90. The Balaban J connectivity index is 2.46. The zero-order valence-corrected chi connectivity index (χ0v) is 12.4. The maximum Gasteiger partial charge on any atom is 0.416 e. The molecule has 1 aromatic rings. The summed E-state index contributed by atoms with van der Waals surface area (Å²) in [5.41, 5.74) is -0.349. The van der Waals surface area contributed by atoms with Crippen LogP contribution in [0.15, 0.2) is 24.3 Å². The summed E-state index contributed by atoms with van der Waals surface area (Å²) < 4.78 is 49.2. The van der Waals surface area contributed by atoms with Gasteiger partial charge in [0.1, 0.15) is 0 Å². The van der Waals surface area contributed by atoms with Crippen LogP contribution in [-0.2, 0) is 22.2 Å². The predicted octanol–water partition coefficient (Wildman–Crippen LogP) is 3.58. The quantitative estimate of drug-likeness (QED) is 0.559. The molecule has 0 bridgehead atoms. The fourth-order valence-electron chi connectivity index (χ4n) is 1.98. The van der Waals surface area contributed by atoms with Gasteiger partial charge in [0, 0.05) is 32.7 Å². The van der Waals surface area contributed by atoms with Gasteiger partial charge < -0.3 is 14.8 Å². The van der Waals surface area contributed by atoms with Crippen LogP contribution in [0.25, 0.3) is 0 Å². The Hall–Kier alpha value is -1.11. The number of halogens is 3. The van der Waals surface area contributed by atoms with Crippen LogP contribution in [-0.4, -0.2) is 26.0 Å². The summed E-state index contributed by atoms with van der Waals surface area (Å²) in [6, 6.07) is 5.58. The minimum absolute atomic E-state index is 0.167. The molecular weight excluding hydrogens is 283 g/mol. The van der Waals surface area contributed by atoms with Gasteiger partial charge in [-0.2, -0.15) is 13.2 Å². The Kier molecular flexibility index (Phi) is 7.71. The van der Waals surface area contributed by atoms with Gasteiger partial charge in [-0.1, -0.05) is 18.2 Å². The number of ether oxygens (including phenoxy) is 2.